The predicted octanol–water partition coefficient (Wildman–Crippen LogP) is 0.253. The van der Waals surface area contributed by atoms with Crippen LogP contribution in [-0.2, 0) is 4.74 Å². The fourth-order valence-corrected chi connectivity index (χ4v) is 2.30. The molecule has 0 bridgehead atoms. The van der Waals surface area contributed by atoms with Gasteiger partial charge >= 0.3 is 5.97 Å². The van der Waals surface area contributed by atoms with Gasteiger partial charge in [0.2, 0.25) is 0 Å². The Morgan fingerprint density at radius 1 is 1.22 bits per heavy atom. The summed E-state index contributed by atoms with van der Waals surface area (Å²) in [6.07, 6.45) is 0. The summed E-state index contributed by atoms with van der Waals surface area (Å²) >= 11 is 1.01. The molecule has 2 heterocycles. The highest BCUT2D eigenvalue weighted by Crippen LogP contribution is 2.18. The zero-order valence-corrected chi connectivity index (χ0v) is 10.4. The summed E-state index contributed by atoms with van der Waals surface area (Å²) in [5.74, 6) is 2.40. The van der Waals surface area contributed by atoms with Gasteiger partial charge in [-0.05, 0) is 12.1 Å². The van der Waals surface area contributed by atoms with E-state index in [1.165, 1.54) is 6.07 Å². The Morgan fingerprint density at radius 3 is 2.28 bits per heavy atom. The molecule has 0 aromatic carbocycles. The molecular formula is C10H14N2O5S. The van der Waals surface area contributed by atoms with Gasteiger partial charge in [0, 0.05) is 13.1 Å². The number of carbonyl (C=O) groups is 2. The van der Waals surface area contributed by atoms with Gasteiger partial charge < -0.3 is 20.0 Å². The van der Waals surface area contributed by atoms with Crippen LogP contribution in [0.3, 0.4) is 0 Å². The lowest BCUT2D eigenvalue weighted by atomic mass is 10.3. The van der Waals surface area contributed by atoms with E-state index in [4.69, 9.17) is 15.1 Å². The third kappa shape index (κ3) is 3.50. The van der Waals surface area contributed by atoms with Crippen molar-refractivity contribution in [3.8, 4) is 0 Å². The van der Waals surface area contributed by atoms with E-state index in [1.54, 1.807) is 11.0 Å². The summed E-state index contributed by atoms with van der Waals surface area (Å²) < 4.78 is 5.14. The quantitative estimate of drug-likeness (QED) is 0.666. The fourth-order valence-electron chi connectivity index (χ4n) is 1.49. The lowest BCUT2D eigenvalue weighted by Gasteiger charge is -2.26. The number of ether oxygens (including phenoxy) is 1. The van der Waals surface area contributed by atoms with Crippen molar-refractivity contribution in [1.82, 2.24) is 4.90 Å². The summed E-state index contributed by atoms with van der Waals surface area (Å²) in [7, 11) is 0. The van der Waals surface area contributed by atoms with Crippen molar-refractivity contribution in [3.05, 3.63) is 21.9 Å². The summed E-state index contributed by atoms with van der Waals surface area (Å²) in [6.45, 7) is 2.23. The van der Waals surface area contributed by atoms with Crippen molar-refractivity contribution in [2.45, 2.75) is 0 Å². The minimum atomic E-state index is -0.994. The summed E-state index contributed by atoms with van der Waals surface area (Å²) in [5.41, 5.74) is 0. The van der Waals surface area contributed by atoms with Crippen molar-refractivity contribution >= 4 is 23.2 Å². The standard InChI is InChI=1S/C10H11NO4S.H3NO/c12-9(11-3-5-15-6-4-11)7-1-2-8(16-7)10(13)14;1-2/h1-2H,3-6H2,(H,13,14);2H,1H2. The first-order valence-electron chi connectivity index (χ1n) is 5.14. The molecule has 4 N–H and O–H groups in total. The molecule has 0 radical (unpaired) electrons. The second kappa shape index (κ2) is 7.07. The SMILES string of the molecule is NO.O=C(O)c1ccc(C(=O)N2CCOCC2)s1. The largest absolute Gasteiger partial charge is 0.477 e. The van der Waals surface area contributed by atoms with Crippen LogP contribution in [0.1, 0.15) is 19.3 Å². The van der Waals surface area contributed by atoms with Crippen LogP contribution in [-0.4, -0.2) is 53.4 Å². The van der Waals surface area contributed by atoms with Crippen LogP contribution < -0.4 is 5.90 Å². The molecule has 1 fully saturated rings. The number of rotatable bonds is 2. The average molecular weight is 274 g/mol. The van der Waals surface area contributed by atoms with Crippen LogP contribution >= 0.6 is 11.3 Å². The number of nitrogens with zero attached hydrogens (tertiary/aromatic N) is 1. The van der Waals surface area contributed by atoms with Gasteiger partial charge in [0.25, 0.3) is 5.91 Å². The maximum absolute atomic E-state index is 11.9. The molecule has 100 valence electrons. The normalized spacial score (nSPS) is 14.7. The minimum absolute atomic E-state index is 0.110. The zero-order chi connectivity index (χ0) is 13.5. The van der Waals surface area contributed by atoms with E-state index in [0.717, 1.165) is 11.3 Å². The summed E-state index contributed by atoms with van der Waals surface area (Å²) in [5, 5.41) is 15.3. The Balaban J connectivity index is 0.000000771. The first kappa shape index (κ1) is 14.6. The fraction of sp³-hybridized carbons (Fsp3) is 0.400. The topological polar surface area (TPSA) is 113 Å². The number of carbonyl (C=O) groups excluding carboxylic acids is 1. The first-order valence-corrected chi connectivity index (χ1v) is 5.96. The molecule has 0 unspecified atom stereocenters. The van der Waals surface area contributed by atoms with Crippen LogP contribution in [0.25, 0.3) is 0 Å². The van der Waals surface area contributed by atoms with Crippen LogP contribution in [0.15, 0.2) is 12.1 Å². The van der Waals surface area contributed by atoms with Gasteiger partial charge in [0.15, 0.2) is 0 Å². The third-order valence-electron chi connectivity index (χ3n) is 2.33. The van der Waals surface area contributed by atoms with Crippen molar-refractivity contribution in [2.75, 3.05) is 26.3 Å². The Hall–Kier alpha value is -1.48. The Morgan fingerprint density at radius 2 is 1.78 bits per heavy atom. The molecule has 1 aliphatic heterocycles. The number of aromatic carboxylic acids is 1. The molecule has 2 rings (SSSR count). The lowest BCUT2D eigenvalue weighted by molar-refractivity contribution is 0.0306. The van der Waals surface area contributed by atoms with Crippen molar-refractivity contribution < 1.29 is 24.6 Å². The number of morpholine rings is 1. The van der Waals surface area contributed by atoms with Crippen molar-refractivity contribution in [3.63, 3.8) is 0 Å². The number of hydrogen-bond acceptors (Lipinski definition) is 6. The van der Waals surface area contributed by atoms with Gasteiger partial charge in [0.1, 0.15) is 4.88 Å². The highest BCUT2D eigenvalue weighted by atomic mass is 32.1. The van der Waals surface area contributed by atoms with E-state index < -0.39 is 5.97 Å². The van der Waals surface area contributed by atoms with Gasteiger partial charge in [-0.15, -0.1) is 11.3 Å². The van der Waals surface area contributed by atoms with E-state index in [9.17, 15) is 9.59 Å². The smallest absolute Gasteiger partial charge is 0.345 e. The Kier molecular flexibility index (Phi) is 5.72. The maximum Gasteiger partial charge on any atom is 0.345 e. The van der Waals surface area contributed by atoms with Crippen LogP contribution in [0.4, 0.5) is 0 Å². The first-order chi connectivity index (χ1) is 8.68. The molecule has 1 aliphatic rings. The molecule has 0 aliphatic carbocycles. The monoisotopic (exact) mass is 274 g/mol. The van der Waals surface area contributed by atoms with Crippen LogP contribution in [0, 0.1) is 0 Å². The predicted molar refractivity (Wildman–Crippen MR) is 64.0 cm³/mol. The summed E-state index contributed by atoms with van der Waals surface area (Å²) in [6, 6.07) is 3.02. The highest BCUT2D eigenvalue weighted by Gasteiger charge is 2.20. The molecule has 1 amide bonds. The van der Waals surface area contributed by atoms with Crippen molar-refractivity contribution in [1.29, 1.82) is 0 Å². The molecular weight excluding hydrogens is 260 g/mol. The van der Waals surface area contributed by atoms with Crippen LogP contribution in [0.2, 0.25) is 0 Å². The molecule has 1 aromatic rings. The molecule has 1 aromatic heterocycles. The zero-order valence-electron chi connectivity index (χ0n) is 9.54. The molecule has 7 nitrogen and oxygen atoms in total. The minimum Gasteiger partial charge on any atom is -0.477 e. The van der Waals surface area contributed by atoms with E-state index in [0.29, 0.717) is 31.2 Å². The Labute approximate surface area is 107 Å². The molecule has 0 spiro atoms. The second-order valence-corrected chi connectivity index (χ2v) is 4.46. The summed E-state index contributed by atoms with van der Waals surface area (Å²) in [4.78, 5) is 24.9. The molecule has 0 saturated carbocycles. The highest BCUT2D eigenvalue weighted by molar-refractivity contribution is 7.15. The Bertz CT molecular complexity index is 414. The van der Waals surface area contributed by atoms with E-state index in [-0.39, 0.29) is 10.8 Å². The number of amides is 1. The second-order valence-electron chi connectivity index (χ2n) is 3.37. The maximum atomic E-state index is 11.9. The molecule has 0 atom stereocenters. The number of carboxylic acids is 1. The number of thiophene rings is 1. The van der Waals surface area contributed by atoms with Gasteiger partial charge in [-0.25, -0.2) is 10.7 Å². The number of carboxylic acid groups (broad SMARTS) is 1. The number of hydrogen-bond donors (Lipinski definition) is 3. The van der Waals surface area contributed by atoms with Gasteiger partial charge in [-0.1, -0.05) is 0 Å². The van der Waals surface area contributed by atoms with E-state index >= 15 is 0 Å². The number of nitrogens with two attached hydrogens (primary N) is 1. The van der Waals surface area contributed by atoms with Gasteiger partial charge in [-0.3, -0.25) is 4.79 Å². The lowest BCUT2D eigenvalue weighted by Crippen LogP contribution is -2.40. The van der Waals surface area contributed by atoms with Gasteiger partial charge in [0.05, 0.1) is 18.1 Å². The molecule has 1 saturated heterocycles. The third-order valence-corrected chi connectivity index (χ3v) is 3.39. The molecule has 18 heavy (non-hydrogen) atoms. The van der Waals surface area contributed by atoms with E-state index in [1.807, 2.05) is 0 Å². The van der Waals surface area contributed by atoms with Gasteiger partial charge in [-0.2, -0.15) is 0 Å². The van der Waals surface area contributed by atoms with Crippen LogP contribution in [0.5, 0.6) is 0 Å². The average Bonchev–Trinajstić information content (AvgIpc) is 2.91. The van der Waals surface area contributed by atoms with E-state index in [2.05, 4.69) is 5.90 Å². The molecule has 8 heteroatoms. The van der Waals surface area contributed by atoms with Crippen molar-refractivity contribution in [2.24, 2.45) is 5.90 Å².